The van der Waals surface area contributed by atoms with E-state index >= 15 is 0 Å². The highest BCUT2D eigenvalue weighted by atomic mass is 16.5. The van der Waals surface area contributed by atoms with Gasteiger partial charge in [-0.25, -0.2) is 0 Å². The standard InChI is InChI=1S/C21H28N4O3/c1-14(26)12-17(9-5-8-15-6-3-2-4-7-15)21-24-20(25-28-21)18-13-16(19(22)27)10-11-23-18/h10-11,13,15,17H,2-9,12H2,1H3,(H2,22,27). The first-order chi connectivity index (χ1) is 13.5. The zero-order valence-electron chi connectivity index (χ0n) is 16.4. The van der Waals surface area contributed by atoms with Crippen LogP contribution in [-0.2, 0) is 4.79 Å². The third-order valence-electron chi connectivity index (χ3n) is 5.49. The summed E-state index contributed by atoms with van der Waals surface area (Å²) in [7, 11) is 0. The maximum atomic E-state index is 11.7. The lowest BCUT2D eigenvalue weighted by Gasteiger charge is -2.22. The minimum atomic E-state index is -0.537. The number of rotatable bonds is 9. The molecule has 3 rings (SSSR count). The molecule has 1 aliphatic rings. The average Bonchev–Trinajstić information content (AvgIpc) is 3.18. The van der Waals surface area contributed by atoms with Gasteiger partial charge in [-0.3, -0.25) is 9.78 Å². The van der Waals surface area contributed by atoms with Gasteiger partial charge in [0, 0.05) is 24.1 Å². The first kappa shape index (κ1) is 20.2. The van der Waals surface area contributed by atoms with Gasteiger partial charge in [-0.15, -0.1) is 0 Å². The molecule has 1 amide bonds. The van der Waals surface area contributed by atoms with Crippen molar-refractivity contribution in [3.63, 3.8) is 0 Å². The zero-order valence-corrected chi connectivity index (χ0v) is 16.4. The Morgan fingerprint density at radius 1 is 1.29 bits per heavy atom. The fourth-order valence-electron chi connectivity index (χ4n) is 4.00. The molecule has 28 heavy (non-hydrogen) atoms. The third-order valence-corrected chi connectivity index (χ3v) is 5.49. The van der Waals surface area contributed by atoms with E-state index in [0.717, 1.165) is 18.8 Å². The molecule has 0 radical (unpaired) electrons. The Bertz CT molecular complexity index is 811. The van der Waals surface area contributed by atoms with Gasteiger partial charge in [0.15, 0.2) is 0 Å². The molecule has 1 saturated carbocycles. The predicted molar refractivity (Wildman–Crippen MR) is 105 cm³/mol. The lowest BCUT2D eigenvalue weighted by Crippen LogP contribution is -2.11. The van der Waals surface area contributed by atoms with E-state index in [0.29, 0.717) is 29.4 Å². The van der Waals surface area contributed by atoms with Gasteiger partial charge in [0.05, 0.1) is 0 Å². The second kappa shape index (κ2) is 9.57. The molecule has 1 unspecified atom stereocenters. The van der Waals surface area contributed by atoms with Gasteiger partial charge in [0.2, 0.25) is 17.6 Å². The molecule has 2 heterocycles. The van der Waals surface area contributed by atoms with Crippen molar-refractivity contribution in [1.29, 1.82) is 0 Å². The van der Waals surface area contributed by atoms with E-state index in [-0.39, 0.29) is 11.7 Å². The van der Waals surface area contributed by atoms with E-state index in [1.54, 1.807) is 13.0 Å². The third kappa shape index (κ3) is 5.47. The van der Waals surface area contributed by atoms with Crippen LogP contribution in [0, 0.1) is 5.92 Å². The number of ketones is 1. The highest BCUT2D eigenvalue weighted by Crippen LogP contribution is 2.31. The average molecular weight is 384 g/mol. The summed E-state index contributed by atoms with van der Waals surface area (Å²) >= 11 is 0. The summed E-state index contributed by atoms with van der Waals surface area (Å²) in [6.07, 6.45) is 11.7. The highest BCUT2D eigenvalue weighted by Gasteiger charge is 2.23. The van der Waals surface area contributed by atoms with Crippen molar-refractivity contribution in [3.05, 3.63) is 29.8 Å². The molecule has 7 heteroatoms. The highest BCUT2D eigenvalue weighted by molar-refractivity contribution is 5.93. The van der Waals surface area contributed by atoms with Crippen molar-refractivity contribution in [3.8, 4) is 11.5 Å². The second-order valence-electron chi connectivity index (χ2n) is 7.79. The fraction of sp³-hybridized carbons (Fsp3) is 0.571. The van der Waals surface area contributed by atoms with Crippen LogP contribution in [0.4, 0.5) is 0 Å². The number of nitrogens with two attached hydrogens (primary N) is 1. The van der Waals surface area contributed by atoms with Crippen molar-refractivity contribution < 1.29 is 14.1 Å². The van der Waals surface area contributed by atoms with Crippen LogP contribution in [0.15, 0.2) is 22.9 Å². The van der Waals surface area contributed by atoms with Crippen LogP contribution >= 0.6 is 0 Å². The lowest BCUT2D eigenvalue weighted by atomic mass is 9.84. The summed E-state index contributed by atoms with van der Waals surface area (Å²) in [6.45, 7) is 1.59. The maximum absolute atomic E-state index is 11.7. The Kier molecular flexibility index (Phi) is 6.90. The van der Waals surface area contributed by atoms with E-state index in [9.17, 15) is 9.59 Å². The number of hydrogen-bond donors (Lipinski definition) is 1. The maximum Gasteiger partial charge on any atom is 0.248 e. The second-order valence-corrected chi connectivity index (χ2v) is 7.79. The Labute approximate surface area is 165 Å². The quantitative estimate of drug-likeness (QED) is 0.698. The molecular weight excluding hydrogens is 356 g/mol. The molecule has 0 bridgehead atoms. The Morgan fingerprint density at radius 3 is 2.79 bits per heavy atom. The lowest BCUT2D eigenvalue weighted by molar-refractivity contribution is -0.117. The molecule has 2 aromatic heterocycles. The van der Waals surface area contributed by atoms with Crippen LogP contribution in [0.5, 0.6) is 0 Å². The molecular formula is C21H28N4O3. The van der Waals surface area contributed by atoms with Crippen molar-refractivity contribution in [2.45, 2.75) is 70.6 Å². The molecule has 1 fully saturated rings. The number of hydrogen-bond acceptors (Lipinski definition) is 6. The SMILES string of the molecule is CC(=O)CC(CCCC1CCCCC1)c1nc(-c2cc(C(N)=O)ccn2)no1. The van der Waals surface area contributed by atoms with Crippen molar-refractivity contribution in [2.24, 2.45) is 11.7 Å². The molecule has 0 saturated heterocycles. The van der Waals surface area contributed by atoms with E-state index in [1.165, 1.54) is 50.8 Å². The van der Waals surface area contributed by atoms with Crippen LogP contribution in [-0.4, -0.2) is 26.8 Å². The Hall–Kier alpha value is -2.57. The number of nitrogens with zero attached hydrogens (tertiary/aromatic N) is 3. The summed E-state index contributed by atoms with van der Waals surface area (Å²) in [5.41, 5.74) is 6.08. The number of pyridine rings is 1. The Balaban J connectivity index is 1.68. The number of amides is 1. The van der Waals surface area contributed by atoms with Gasteiger partial charge in [0.25, 0.3) is 0 Å². The summed E-state index contributed by atoms with van der Waals surface area (Å²) in [6, 6.07) is 3.08. The van der Waals surface area contributed by atoms with Gasteiger partial charge in [-0.1, -0.05) is 50.1 Å². The van der Waals surface area contributed by atoms with Crippen molar-refractivity contribution in [1.82, 2.24) is 15.1 Å². The van der Waals surface area contributed by atoms with Gasteiger partial charge >= 0.3 is 0 Å². The molecule has 0 aliphatic heterocycles. The number of Topliss-reactive ketones (excluding diaryl/α,β-unsaturated/α-hetero) is 1. The zero-order chi connectivity index (χ0) is 19.9. The first-order valence-electron chi connectivity index (χ1n) is 10.1. The summed E-state index contributed by atoms with van der Waals surface area (Å²) in [5, 5.41) is 4.00. The number of carbonyl (C=O) groups excluding carboxylic acids is 2. The van der Waals surface area contributed by atoms with E-state index < -0.39 is 5.91 Å². The normalized spacial score (nSPS) is 16.0. The summed E-state index contributed by atoms with van der Waals surface area (Å²) in [4.78, 5) is 31.7. The smallest absolute Gasteiger partial charge is 0.248 e. The number of primary amides is 1. The summed E-state index contributed by atoms with van der Waals surface area (Å²) in [5.74, 6) is 1.06. The monoisotopic (exact) mass is 384 g/mol. The van der Waals surface area contributed by atoms with Gasteiger partial charge in [-0.2, -0.15) is 4.98 Å². The van der Waals surface area contributed by atoms with Crippen LogP contribution in [0.2, 0.25) is 0 Å². The summed E-state index contributed by atoms with van der Waals surface area (Å²) < 4.78 is 5.46. The van der Waals surface area contributed by atoms with E-state index in [4.69, 9.17) is 10.3 Å². The number of carbonyl (C=O) groups is 2. The Morgan fingerprint density at radius 2 is 2.07 bits per heavy atom. The molecule has 150 valence electrons. The predicted octanol–water partition coefficient (Wildman–Crippen LogP) is 4.04. The molecule has 0 aromatic carbocycles. The van der Waals surface area contributed by atoms with Crippen LogP contribution in [0.25, 0.3) is 11.5 Å². The fourth-order valence-corrected chi connectivity index (χ4v) is 4.00. The van der Waals surface area contributed by atoms with Gasteiger partial charge < -0.3 is 15.1 Å². The molecule has 7 nitrogen and oxygen atoms in total. The number of aromatic nitrogens is 3. The van der Waals surface area contributed by atoms with Crippen LogP contribution in [0.3, 0.4) is 0 Å². The minimum absolute atomic E-state index is 0.0818. The minimum Gasteiger partial charge on any atom is -0.366 e. The molecule has 2 aromatic rings. The first-order valence-corrected chi connectivity index (χ1v) is 10.1. The van der Waals surface area contributed by atoms with E-state index in [2.05, 4.69) is 15.1 Å². The van der Waals surface area contributed by atoms with Gasteiger partial charge in [-0.05, 0) is 31.4 Å². The van der Waals surface area contributed by atoms with Crippen LogP contribution < -0.4 is 5.73 Å². The van der Waals surface area contributed by atoms with Gasteiger partial charge in [0.1, 0.15) is 11.5 Å². The molecule has 1 atom stereocenters. The van der Waals surface area contributed by atoms with Crippen molar-refractivity contribution in [2.75, 3.05) is 0 Å². The van der Waals surface area contributed by atoms with E-state index in [1.807, 2.05) is 0 Å². The van der Waals surface area contributed by atoms with Crippen LogP contribution in [0.1, 0.15) is 86.9 Å². The topological polar surface area (TPSA) is 112 Å². The molecule has 1 aliphatic carbocycles. The largest absolute Gasteiger partial charge is 0.366 e. The molecule has 0 spiro atoms. The molecule has 2 N–H and O–H groups in total. The van der Waals surface area contributed by atoms with Crippen molar-refractivity contribution >= 4 is 11.7 Å².